The number of carbonyl (C=O) groups is 2. The van der Waals surface area contributed by atoms with Gasteiger partial charge in [0, 0.05) is 35.4 Å². The summed E-state index contributed by atoms with van der Waals surface area (Å²) in [5, 5.41) is 9.05. The van der Waals surface area contributed by atoms with Gasteiger partial charge < -0.3 is 20.5 Å². The van der Waals surface area contributed by atoms with Crippen LogP contribution in [0.25, 0.3) is 11.0 Å². The number of benzene rings is 2. The molecule has 0 aliphatic rings. The Labute approximate surface area is 174 Å². The molecule has 0 bridgehead atoms. The van der Waals surface area contributed by atoms with Gasteiger partial charge in [0.1, 0.15) is 0 Å². The first kappa shape index (κ1) is 20.7. The first-order valence-corrected chi connectivity index (χ1v) is 9.78. The van der Waals surface area contributed by atoms with Crippen molar-refractivity contribution in [2.75, 3.05) is 11.9 Å². The zero-order valence-corrected chi connectivity index (χ0v) is 17.4. The van der Waals surface area contributed by atoms with Crippen LogP contribution in [0.2, 0.25) is 5.02 Å². The molecule has 0 fully saturated rings. The van der Waals surface area contributed by atoms with Gasteiger partial charge in [-0.2, -0.15) is 0 Å². The van der Waals surface area contributed by atoms with Crippen LogP contribution in [0.1, 0.15) is 29.8 Å². The summed E-state index contributed by atoms with van der Waals surface area (Å²) in [6, 6.07) is 10.6. The molecule has 29 heavy (non-hydrogen) atoms. The van der Waals surface area contributed by atoms with E-state index in [0.29, 0.717) is 29.4 Å². The summed E-state index contributed by atoms with van der Waals surface area (Å²) in [5.41, 5.74) is 3.80. The zero-order valence-electron chi connectivity index (χ0n) is 16.6. The lowest BCUT2D eigenvalue weighted by molar-refractivity contribution is 0.0943. The van der Waals surface area contributed by atoms with Gasteiger partial charge in [0.2, 0.25) is 0 Å². The summed E-state index contributed by atoms with van der Waals surface area (Å²) in [7, 11) is 0. The van der Waals surface area contributed by atoms with E-state index in [-0.39, 0.29) is 18.0 Å². The molecular formula is C21H24ClN5O2. The standard InChI is InChI=1S/C21H24ClN5O2/c1-13(2)25-20(28)15-5-7-19-18(10-15)24-12-27(19)9-8-23-21(29)26-16-6-4-14(3)17(22)11-16/h4-7,10-13H,8-9H2,1-3H3,(H,25,28)(H2,23,26,29). The molecule has 7 nitrogen and oxygen atoms in total. The minimum absolute atomic E-state index is 0.0731. The Morgan fingerprint density at radius 2 is 1.97 bits per heavy atom. The highest BCUT2D eigenvalue weighted by atomic mass is 35.5. The van der Waals surface area contributed by atoms with Gasteiger partial charge in [0.05, 0.1) is 17.4 Å². The fourth-order valence-electron chi connectivity index (χ4n) is 2.86. The first-order valence-electron chi connectivity index (χ1n) is 9.40. The van der Waals surface area contributed by atoms with Crippen LogP contribution in [0, 0.1) is 6.92 Å². The number of amides is 3. The van der Waals surface area contributed by atoms with Crippen molar-refractivity contribution >= 4 is 40.3 Å². The van der Waals surface area contributed by atoms with E-state index in [1.54, 1.807) is 30.6 Å². The Morgan fingerprint density at radius 3 is 2.69 bits per heavy atom. The van der Waals surface area contributed by atoms with Crippen LogP contribution in [-0.4, -0.2) is 34.1 Å². The number of halogens is 1. The molecule has 0 radical (unpaired) electrons. The Bertz CT molecular complexity index is 1040. The third kappa shape index (κ3) is 5.26. The number of nitrogens with one attached hydrogen (secondary N) is 3. The number of urea groups is 1. The van der Waals surface area contributed by atoms with Gasteiger partial charge in [0.25, 0.3) is 5.91 Å². The normalized spacial score (nSPS) is 10.9. The van der Waals surface area contributed by atoms with E-state index in [0.717, 1.165) is 16.6 Å². The second-order valence-electron chi connectivity index (χ2n) is 7.11. The number of rotatable bonds is 6. The van der Waals surface area contributed by atoms with Crippen molar-refractivity contribution < 1.29 is 9.59 Å². The van der Waals surface area contributed by atoms with Gasteiger partial charge in [-0.25, -0.2) is 9.78 Å². The molecule has 0 spiro atoms. The molecule has 8 heteroatoms. The summed E-state index contributed by atoms with van der Waals surface area (Å²) in [5.74, 6) is -0.119. The van der Waals surface area contributed by atoms with Crippen LogP contribution in [0.15, 0.2) is 42.7 Å². The van der Waals surface area contributed by atoms with E-state index < -0.39 is 0 Å². The fourth-order valence-corrected chi connectivity index (χ4v) is 3.05. The van der Waals surface area contributed by atoms with Gasteiger partial charge >= 0.3 is 6.03 Å². The van der Waals surface area contributed by atoms with Crippen molar-refractivity contribution in [2.24, 2.45) is 0 Å². The fraction of sp³-hybridized carbons (Fsp3) is 0.286. The minimum Gasteiger partial charge on any atom is -0.350 e. The maximum Gasteiger partial charge on any atom is 0.319 e. The Hall–Kier alpha value is -3.06. The number of hydrogen-bond donors (Lipinski definition) is 3. The predicted octanol–water partition coefficient (Wildman–Crippen LogP) is 3.96. The van der Waals surface area contributed by atoms with Crippen molar-refractivity contribution in [3.63, 3.8) is 0 Å². The first-order chi connectivity index (χ1) is 13.8. The second kappa shape index (κ2) is 8.96. The van der Waals surface area contributed by atoms with Crippen LogP contribution in [0.4, 0.5) is 10.5 Å². The van der Waals surface area contributed by atoms with Crippen molar-refractivity contribution in [3.8, 4) is 0 Å². The smallest absolute Gasteiger partial charge is 0.319 e. The topological polar surface area (TPSA) is 88.1 Å². The SMILES string of the molecule is Cc1ccc(NC(=O)NCCn2cnc3cc(C(=O)NC(C)C)ccc32)cc1Cl. The number of imidazole rings is 1. The summed E-state index contributed by atoms with van der Waals surface area (Å²) >= 11 is 6.07. The number of fused-ring (bicyclic) bond motifs is 1. The molecule has 1 aromatic heterocycles. The van der Waals surface area contributed by atoms with Crippen molar-refractivity contribution in [1.29, 1.82) is 0 Å². The van der Waals surface area contributed by atoms with E-state index in [4.69, 9.17) is 11.6 Å². The molecule has 2 aromatic carbocycles. The minimum atomic E-state index is -0.304. The Kier molecular flexibility index (Phi) is 6.39. The second-order valence-corrected chi connectivity index (χ2v) is 7.52. The highest BCUT2D eigenvalue weighted by molar-refractivity contribution is 6.31. The van der Waals surface area contributed by atoms with Gasteiger partial charge in [0.15, 0.2) is 0 Å². The maximum atomic E-state index is 12.1. The number of hydrogen-bond acceptors (Lipinski definition) is 3. The molecule has 3 N–H and O–H groups in total. The summed E-state index contributed by atoms with van der Waals surface area (Å²) in [4.78, 5) is 28.6. The third-order valence-corrected chi connectivity index (χ3v) is 4.78. The average molecular weight is 414 g/mol. The van der Waals surface area contributed by atoms with Gasteiger partial charge in [-0.3, -0.25) is 4.79 Å². The van der Waals surface area contributed by atoms with Crippen LogP contribution in [0.5, 0.6) is 0 Å². The van der Waals surface area contributed by atoms with Crippen LogP contribution < -0.4 is 16.0 Å². The highest BCUT2D eigenvalue weighted by Gasteiger charge is 2.10. The van der Waals surface area contributed by atoms with Crippen molar-refractivity contribution in [1.82, 2.24) is 20.2 Å². The van der Waals surface area contributed by atoms with E-state index in [2.05, 4.69) is 20.9 Å². The lowest BCUT2D eigenvalue weighted by Crippen LogP contribution is -2.31. The van der Waals surface area contributed by atoms with Crippen LogP contribution in [-0.2, 0) is 6.54 Å². The molecule has 0 aliphatic carbocycles. The Balaban J connectivity index is 1.57. The van der Waals surface area contributed by atoms with Crippen molar-refractivity contribution in [2.45, 2.75) is 33.4 Å². The number of carbonyl (C=O) groups excluding carboxylic acids is 2. The number of aromatic nitrogens is 2. The van der Waals surface area contributed by atoms with Crippen LogP contribution >= 0.6 is 11.6 Å². The molecule has 1 heterocycles. The summed E-state index contributed by atoms with van der Waals surface area (Å²) in [6.07, 6.45) is 1.70. The molecule has 3 aromatic rings. The van der Waals surface area contributed by atoms with Crippen LogP contribution in [0.3, 0.4) is 0 Å². The molecule has 152 valence electrons. The monoisotopic (exact) mass is 413 g/mol. The molecule has 3 rings (SSSR count). The summed E-state index contributed by atoms with van der Waals surface area (Å²) in [6.45, 7) is 6.72. The van der Waals surface area contributed by atoms with Gasteiger partial charge in [-0.15, -0.1) is 0 Å². The number of aryl methyl sites for hydroxylation is 1. The highest BCUT2D eigenvalue weighted by Crippen LogP contribution is 2.20. The van der Waals surface area contributed by atoms with E-state index >= 15 is 0 Å². The third-order valence-electron chi connectivity index (χ3n) is 4.37. The summed E-state index contributed by atoms with van der Waals surface area (Å²) < 4.78 is 1.93. The van der Waals surface area contributed by atoms with E-state index in [9.17, 15) is 9.59 Å². The quantitative estimate of drug-likeness (QED) is 0.571. The van der Waals surface area contributed by atoms with Gasteiger partial charge in [-0.1, -0.05) is 17.7 Å². The van der Waals surface area contributed by atoms with E-state index in [1.807, 2.05) is 37.5 Å². The maximum absolute atomic E-state index is 12.1. The lowest BCUT2D eigenvalue weighted by atomic mass is 10.2. The zero-order chi connectivity index (χ0) is 21.0. The molecule has 0 saturated heterocycles. The number of anilines is 1. The predicted molar refractivity (Wildman–Crippen MR) is 116 cm³/mol. The molecule has 0 atom stereocenters. The number of nitrogens with zero attached hydrogens (tertiary/aromatic N) is 2. The Morgan fingerprint density at radius 1 is 1.17 bits per heavy atom. The molecular weight excluding hydrogens is 390 g/mol. The lowest BCUT2D eigenvalue weighted by Gasteiger charge is -2.10. The largest absolute Gasteiger partial charge is 0.350 e. The van der Waals surface area contributed by atoms with Crippen molar-refractivity contribution in [3.05, 3.63) is 58.9 Å². The molecule has 0 aliphatic heterocycles. The molecule has 0 saturated carbocycles. The molecule has 3 amide bonds. The molecule has 0 unspecified atom stereocenters. The average Bonchev–Trinajstić information content (AvgIpc) is 3.06. The van der Waals surface area contributed by atoms with Gasteiger partial charge in [-0.05, 0) is 56.7 Å². The van der Waals surface area contributed by atoms with E-state index in [1.165, 1.54) is 0 Å².